The van der Waals surface area contributed by atoms with E-state index in [1.54, 1.807) is 0 Å². The molecule has 96 valence electrons. The number of morpholine rings is 1. The number of rotatable bonds is 4. The molecule has 4 nitrogen and oxygen atoms in total. The van der Waals surface area contributed by atoms with E-state index in [0.29, 0.717) is 19.7 Å². The first kappa shape index (κ1) is 13.7. The number of nitrogens with zero attached hydrogens (tertiary/aromatic N) is 1. The molecule has 0 saturated carbocycles. The highest BCUT2D eigenvalue weighted by atomic mass is 19.4. The van der Waals surface area contributed by atoms with Crippen LogP contribution in [0, 0.1) is 0 Å². The second-order valence-corrected chi connectivity index (χ2v) is 3.86. The van der Waals surface area contributed by atoms with E-state index in [-0.39, 0.29) is 25.3 Å². The van der Waals surface area contributed by atoms with Gasteiger partial charge in [-0.15, -0.1) is 13.2 Å². The van der Waals surface area contributed by atoms with Crippen molar-refractivity contribution in [3.63, 3.8) is 0 Å². The van der Waals surface area contributed by atoms with Crippen LogP contribution >= 0.6 is 0 Å². The highest BCUT2D eigenvalue weighted by Crippen LogP contribution is 2.16. The third kappa shape index (κ3) is 5.11. The number of hydrogen-bond acceptors (Lipinski definition) is 4. The van der Waals surface area contributed by atoms with Gasteiger partial charge in [0.25, 0.3) is 0 Å². The molecule has 0 aliphatic carbocycles. The average Bonchev–Trinajstić information content (AvgIpc) is 2.16. The summed E-state index contributed by atoms with van der Waals surface area (Å²) in [6, 6.07) is -0.119. The summed E-state index contributed by atoms with van der Waals surface area (Å²) >= 11 is 0. The van der Waals surface area contributed by atoms with Crippen molar-refractivity contribution in [1.29, 1.82) is 0 Å². The van der Waals surface area contributed by atoms with Crippen LogP contribution in [0.4, 0.5) is 13.2 Å². The minimum atomic E-state index is -4.55. The van der Waals surface area contributed by atoms with Gasteiger partial charge in [-0.25, -0.2) is 0 Å². The van der Waals surface area contributed by atoms with E-state index in [4.69, 9.17) is 10.5 Å². The Balaban J connectivity index is 2.22. The third-order valence-corrected chi connectivity index (χ3v) is 2.44. The monoisotopic (exact) mass is 242 g/mol. The van der Waals surface area contributed by atoms with Crippen LogP contribution < -0.4 is 5.73 Å². The van der Waals surface area contributed by atoms with Crippen molar-refractivity contribution in [2.75, 3.05) is 32.8 Å². The maximum absolute atomic E-state index is 11.7. The molecule has 1 saturated heterocycles. The highest BCUT2D eigenvalue weighted by molar-refractivity contribution is 4.77. The van der Waals surface area contributed by atoms with Gasteiger partial charge in [-0.05, 0) is 6.92 Å². The van der Waals surface area contributed by atoms with Gasteiger partial charge in [-0.3, -0.25) is 9.64 Å². The molecule has 1 rings (SSSR count). The van der Waals surface area contributed by atoms with Gasteiger partial charge < -0.3 is 10.5 Å². The van der Waals surface area contributed by atoms with Crippen LogP contribution in [0.15, 0.2) is 0 Å². The van der Waals surface area contributed by atoms with E-state index in [1.807, 2.05) is 11.8 Å². The lowest BCUT2D eigenvalue weighted by Crippen LogP contribution is -2.50. The number of alkyl halides is 3. The Morgan fingerprint density at radius 1 is 1.56 bits per heavy atom. The number of ether oxygens (including phenoxy) is 2. The molecule has 0 aromatic rings. The number of nitrogens with two attached hydrogens (primary N) is 1. The Morgan fingerprint density at radius 3 is 2.81 bits per heavy atom. The molecule has 1 heterocycles. The molecular formula is C9H17F3N2O2. The zero-order valence-corrected chi connectivity index (χ0v) is 9.17. The predicted molar refractivity (Wildman–Crippen MR) is 51.8 cm³/mol. The van der Waals surface area contributed by atoms with Crippen LogP contribution in [0.1, 0.15) is 6.92 Å². The van der Waals surface area contributed by atoms with Crippen LogP contribution in [0.5, 0.6) is 0 Å². The first-order valence-electron chi connectivity index (χ1n) is 5.19. The molecule has 2 unspecified atom stereocenters. The Morgan fingerprint density at radius 2 is 2.25 bits per heavy atom. The first-order valence-corrected chi connectivity index (χ1v) is 5.19. The van der Waals surface area contributed by atoms with E-state index in [1.165, 1.54) is 0 Å². The maximum Gasteiger partial charge on any atom is 0.522 e. The summed E-state index contributed by atoms with van der Waals surface area (Å²) in [6.45, 7) is 3.38. The summed E-state index contributed by atoms with van der Waals surface area (Å²) < 4.78 is 44.3. The molecule has 1 aliphatic heterocycles. The van der Waals surface area contributed by atoms with Crippen molar-refractivity contribution >= 4 is 0 Å². The van der Waals surface area contributed by atoms with E-state index in [9.17, 15) is 13.2 Å². The Hall–Kier alpha value is -0.370. The zero-order valence-electron chi connectivity index (χ0n) is 9.17. The lowest BCUT2D eigenvalue weighted by Gasteiger charge is -2.34. The van der Waals surface area contributed by atoms with Gasteiger partial charge in [-0.2, -0.15) is 0 Å². The van der Waals surface area contributed by atoms with Crippen LogP contribution in [0.3, 0.4) is 0 Å². The molecule has 0 bridgehead atoms. The summed E-state index contributed by atoms with van der Waals surface area (Å²) in [5, 5.41) is 0. The molecule has 0 spiro atoms. The molecule has 0 amide bonds. The summed E-state index contributed by atoms with van der Waals surface area (Å²) in [7, 11) is 0. The van der Waals surface area contributed by atoms with Crippen molar-refractivity contribution in [2.45, 2.75) is 25.4 Å². The van der Waals surface area contributed by atoms with Crippen LogP contribution in [0.2, 0.25) is 0 Å². The average molecular weight is 242 g/mol. The zero-order chi connectivity index (χ0) is 12.2. The normalized spacial score (nSPS) is 25.7. The number of hydrogen-bond donors (Lipinski definition) is 1. The van der Waals surface area contributed by atoms with Crippen molar-refractivity contribution in [1.82, 2.24) is 4.90 Å². The van der Waals surface area contributed by atoms with Crippen molar-refractivity contribution in [3.8, 4) is 0 Å². The fourth-order valence-corrected chi connectivity index (χ4v) is 1.54. The van der Waals surface area contributed by atoms with E-state index in [0.717, 1.165) is 0 Å². The molecule has 1 aliphatic rings. The molecule has 0 aromatic carbocycles. The molecular weight excluding hydrogens is 225 g/mol. The molecule has 2 N–H and O–H groups in total. The smallest absolute Gasteiger partial charge is 0.374 e. The van der Waals surface area contributed by atoms with Crippen molar-refractivity contribution < 1.29 is 22.6 Å². The highest BCUT2D eigenvalue weighted by Gasteiger charge is 2.29. The largest absolute Gasteiger partial charge is 0.522 e. The quantitative estimate of drug-likeness (QED) is 0.783. The van der Waals surface area contributed by atoms with Gasteiger partial charge in [0.2, 0.25) is 0 Å². The standard InChI is InChI=1S/C9H17F3N2O2/c1-7(13)8-6-14(2-4-15-8)3-5-16-9(10,11)12/h7-8H,2-6,13H2,1H3. The van der Waals surface area contributed by atoms with Gasteiger partial charge >= 0.3 is 6.36 Å². The third-order valence-electron chi connectivity index (χ3n) is 2.44. The molecule has 1 fully saturated rings. The Labute approximate surface area is 92.5 Å². The van der Waals surface area contributed by atoms with Gasteiger partial charge in [-0.1, -0.05) is 0 Å². The lowest BCUT2D eigenvalue weighted by molar-refractivity contribution is -0.325. The lowest BCUT2D eigenvalue weighted by atomic mass is 10.1. The van der Waals surface area contributed by atoms with Gasteiger partial charge in [0.1, 0.15) is 0 Å². The van der Waals surface area contributed by atoms with E-state index >= 15 is 0 Å². The second-order valence-electron chi connectivity index (χ2n) is 3.86. The number of halogens is 3. The Kier molecular flexibility index (Phi) is 4.97. The maximum atomic E-state index is 11.7. The topological polar surface area (TPSA) is 47.7 Å². The van der Waals surface area contributed by atoms with Crippen LogP contribution in [0.25, 0.3) is 0 Å². The van der Waals surface area contributed by atoms with E-state index < -0.39 is 6.36 Å². The molecule has 0 radical (unpaired) electrons. The molecule has 2 atom stereocenters. The second kappa shape index (κ2) is 5.81. The molecule has 16 heavy (non-hydrogen) atoms. The minimum absolute atomic E-state index is 0.111. The Bertz CT molecular complexity index is 211. The van der Waals surface area contributed by atoms with Crippen LogP contribution in [-0.4, -0.2) is 56.3 Å². The van der Waals surface area contributed by atoms with Crippen LogP contribution in [-0.2, 0) is 9.47 Å². The van der Waals surface area contributed by atoms with E-state index in [2.05, 4.69) is 4.74 Å². The summed E-state index contributed by atoms with van der Waals surface area (Å²) in [4.78, 5) is 1.86. The van der Waals surface area contributed by atoms with Gasteiger partial charge in [0, 0.05) is 25.7 Å². The fraction of sp³-hybridized carbons (Fsp3) is 1.00. The predicted octanol–water partition coefficient (Wildman–Crippen LogP) is 0.571. The first-order chi connectivity index (χ1) is 7.38. The fourth-order valence-electron chi connectivity index (χ4n) is 1.54. The van der Waals surface area contributed by atoms with Gasteiger partial charge in [0.05, 0.1) is 19.3 Å². The molecule has 7 heteroatoms. The molecule has 0 aromatic heterocycles. The summed E-state index contributed by atoms with van der Waals surface area (Å²) in [6.07, 6.45) is -4.66. The minimum Gasteiger partial charge on any atom is -0.374 e. The van der Waals surface area contributed by atoms with Gasteiger partial charge in [0.15, 0.2) is 0 Å². The SMILES string of the molecule is CC(N)C1CN(CCOC(F)(F)F)CCO1. The van der Waals surface area contributed by atoms with Crippen molar-refractivity contribution in [3.05, 3.63) is 0 Å². The summed E-state index contributed by atoms with van der Waals surface area (Å²) in [5.41, 5.74) is 5.66. The van der Waals surface area contributed by atoms with Crippen molar-refractivity contribution in [2.24, 2.45) is 5.73 Å². The summed E-state index contributed by atoms with van der Waals surface area (Å²) in [5.74, 6) is 0.